The van der Waals surface area contributed by atoms with Crippen molar-refractivity contribution in [3.8, 4) is 11.1 Å². The van der Waals surface area contributed by atoms with E-state index in [0.717, 1.165) is 0 Å². The van der Waals surface area contributed by atoms with E-state index in [0.29, 0.717) is 6.42 Å². The second-order valence-electron chi connectivity index (χ2n) is 4.00. The van der Waals surface area contributed by atoms with E-state index in [2.05, 4.69) is 43.3 Å². The van der Waals surface area contributed by atoms with E-state index in [1.54, 1.807) is 0 Å². The maximum absolute atomic E-state index is 9.04. The largest absolute Gasteiger partial charge is 0.396 e. The van der Waals surface area contributed by atoms with Gasteiger partial charge in [-0.3, -0.25) is 0 Å². The van der Waals surface area contributed by atoms with E-state index in [-0.39, 0.29) is 6.61 Å². The Hall–Kier alpha value is -1.60. The van der Waals surface area contributed by atoms with Crippen molar-refractivity contribution < 1.29 is 5.11 Å². The first-order valence-corrected chi connectivity index (χ1v) is 5.57. The average molecular weight is 212 g/mol. The highest BCUT2D eigenvalue weighted by Crippen LogP contribution is 2.24. The van der Waals surface area contributed by atoms with Crippen molar-refractivity contribution in [2.45, 2.75) is 13.3 Å². The molecule has 1 nitrogen and oxygen atoms in total. The highest BCUT2D eigenvalue weighted by Gasteiger charge is 2.03. The lowest BCUT2D eigenvalue weighted by atomic mass is 9.97. The summed E-state index contributed by atoms with van der Waals surface area (Å²) in [5.74, 6) is 0. The fourth-order valence-electron chi connectivity index (χ4n) is 1.87. The number of rotatable bonds is 3. The third-order valence-electron chi connectivity index (χ3n) is 2.76. The van der Waals surface area contributed by atoms with Gasteiger partial charge in [-0.1, -0.05) is 54.1 Å². The maximum Gasteiger partial charge on any atom is 0.0471 e. The molecule has 0 saturated carbocycles. The van der Waals surface area contributed by atoms with Crippen LogP contribution in [0.1, 0.15) is 11.1 Å². The molecule has 0 atom stereocenters. The van der Waals surface area contributed by atoms with Crippen LogP contribution in [0.25, 0.3) is 11.1 Å². The molecule has 82 valence electrons. The summed E-state index contributed by atoms with van der Waals surface area (Å²) in [5.41, 5.74) is 4.91. The summed E-state index contributed by atoms with van der Waals surface area (Å²) in [6.45, 7) is 2.28. The Kier molecular flexibility index (Phi) is 3.37. The van der Waals surface area contributed by atoms with Crippen molar-refractivity contribution >= 4 is 0 Å². The van der Waals surface area contributed by atoms with Gasteiger partial charge in [0.05, 0.1) is 0 Å². The molecule has 2 rings (SSSR count). The lowest BCUT2D eigenvalue weighted by Crippen LogP contribution is -1.93. The molecule has 0 amide bonds. The number of aliphatic hydroxyl groups is 1. The molecule has 16 heavy (non-hydrogen) atoms. The Balaban J connectivity index is 2.42. The second kappa shape index (κ2) is 4.95. The Labute approximate surface area is 96.4 Å². The summed E-state index contributed by atoms with van der Waals surface area (Å²) in [6.07, 6.45) is 0.712. The number of benzene rings is 2. The standard InChI is InChI=1S/C15H16O/c1-12-6-8-14(9-7-12)15-5-3-2-4-13(15)10-11-16/h2-9,16H,10-11H2,1H3. The molecule has 0 aromatic heterocycles. The van der Waals surface area contributed by atoms with E-state index in [4.69, 9.17) is 5.11 Å². The molecule has 2 aromatic carbocycles. The summed E-state index contributed by atoms with van der Waals surface area (Å²) in [5, 5.41) is 9.04. The summed E-state index contributed by atoms with van der Waals surface area (Å²) >= 11 is 0. The van der Waals surface area contributed by atoms with Gasteiger partial charge >= 0.3 is 0 Å². The van der Waals surface area contributed by atoms with Crippen molar-refractivity contribution in [2.75, 3.05) is 6.61 Å². The lowest BCUT2D eigenvalue weighted by molar-refractivity contribution is 0.300. The van der Waals surface area contributed by atoms with Gasteiger partial charge in [0, 0.05) is 6.61 Å². The Morgan fingerprint density at radius 3 is 2.31 bits per heavy atom. The predicted molar refractivity (Wildman–Crippen MR) is 67.4 cm³/mol. The third kappa shape index (κ3) is 2.31. The van der Waals surface area contributed by atoms with Gasteiger partial charge in [0.2, 0.25) is 0 Å². The molecule has 0 aliphatic rings. The van der Waals surface area contributed by atoms with Crippen LogP contribution >= 0.6 is 0 Å². The first-order valence-electron chi connectivity index (χ1n) is 5.57. The summed E-state index contributed by atoms with van der Waals surface area (Å²) < 4.78 is 0. The minimum Gasteiger partial charge on any atom is -0.396 e. The number of aliphatic hydroxyl groups excluding tert-OH is 1. The van der Waals surface area contributed by atoms with E-state index >= 15 is 0 Å². The summed E-state index contributed by atoms with van der Waals surface area (Å²) in [4.78, 5) is 0. The van der Waals surface area contributed by atoms with Crippen molar-refractivity contribution in [3.05, 3.63) is 59.7 Å². The van der Waals surface area contributed by atoms with Crippen LogP contribution in [-0.2, 0) is 6.42 Å². The minimum absolute atomic E-state index is 0.197. The van der Waals surface area contributed by atoms with E-state index in [9.17, 15) is 0 Å². The molecule has 0 bridgehead atoms. The van der Waals surface area contributed by atoms with Gasteiger partial charge < -0.3 is 5.11 Å². The first kappa shape index (κ1) is 10.9. The molecular formula is C15H16O. The molecule has 0 aliphatic heterocycles. The van der Waals surface area contributed by atoms with Gasteiger partial charge in [-0.15, -0.1) is 0 Å². The zero-order valence-corrected chi connectivity index (χ0v) is 9.48. The minimum atomic E-state index is 0.197. The molecule has 0 heterocycles. The van der Waals surface area contributed by atoms with Crippen LogP contribution in [0, 0.1) is 6.92 Å². The predicted octanol–water partition coefficient (Wildman–Crippen LogP) is 3.20. The van der Waals surface area contributed by atoms with Gasteiger partial charge in [-0.25, -0.2) is 0 Å². The van der Waals surface area contributed by atoms with E-state index in [1.807, 2.05) is 12.1 Å². The van der Waals surface area contributed by atoms with Crippen LogP contribution in [-0.4, -0.2) is 11.7 Å². The first-order chi connectivity index (χ1) is 7.81. The molecule has 0 spiro atoms. The molecule has 0 fully saturated rings. The molecule has 0 radical (unpaired) electrons. The average Bonchev–Trinajstić information content (AvgIpc) is 2.32. The van der Waals surface area contributed by atoms with Crippen LogP contribution in [0.4, 0.5) is 0 Å². The van der Waals surface area contributed by atoms with Crippen molar-refractivity contribution in [1.29, 1.82) is 0 Å². The fourth-order valence-corrected chi connectivity index (χ4v) is 1.87. The van der Waals surface area contributed by atoms with Crippen LogP contribution in [0.2, 0.25) is 0 Å². The Bertz CT molecular complexity index is 457. The molecular weight excluding hydrogens is 196 g/mol. The lowest BCUT2D eigenvalue weighted by Gasteiger charge is -2.08. The van der Waals surface area contributed by atoms with Gasteiger partial charge in [0.25, 0.3) is 0 Å². The van der Waals surface area contributed by atoms with Crippen molar-refractivity contribution in [1.82, 2.24) is 0 Å². The maximum atomic E-state index is 9.04. The van der Waals surface area contributed by atoms with Gasteiger partial charge in [-0.05, 0) is 30.0 Å². The van der Waals surface area contributed by atoms with E-state index in [1.165, 1.54) is 22.3 Å². The van der Waals surface area contributed by atoms with Crippen molar-refractivity contribution in [3.63, 3.8) is 0 Å². The smallest absolute Gasteiger partial charge is 0.0471 e. The molecule has 2 aromatic rings. The molecule has 0 aliphatic carbocycles. The topological polar surface area (TPSA) is 20.2 Å². The zero-order valence-electron chi connectivity index (χ0n) is 9.48. The monoisotopic (exact) mass is 212 g/mol. The van der Waals surface area contributed by atoms with Gasteiger partial charge in [0.15, 0.2) is 0 Å². The van der Waals surface area contributed by atoms with Crippen LogP contribution in [0.5, 0.6) is 0 Å². The highest BCUT2D eigenvalue weighted by atomic mass is 16.2. The normalized spacial score (nSPS) is 10.4. The molecule has 0 unspecified atom stereocenters. The summed E-state index contributed by atoms with van der Waals surface area (Å²) in [6, 6.07) is 16.7. The summed E-state index contributed by atoms with van der Waals surface area (Å²) in [7, 11) is 0. The quantitative estimate of drug-likeness (QED) is 0.828. The number of hydrogen-bond donors (Lipinski definition) is 1. The van der Waals surface area contributed by atoms with Crippen LogP contribution in [0.15, 0.2) is 48.5 Å². The SMILES string of the molecule is Cc1ccc(-c2ccccc2CCO)cc1. The highest BCUT2D eigenvalue weighted by molar-refractivity contribution is 5.67. The molecule has 0 saturated heterocycles. The van der Waals surface area contributed by atoms with Gasteiger partial charge in [0.1, 0.15) is 0 Å². The van der Waals surface area contributed by atoms with Crippen LogP contribution in [0.3, 0.4) is 0 Å². The van der Waals surface area contributed by atoms with Gasteiger partial charge in [-0.2, -0.15) is 0 Å². The van der Waals surface area contributed by atoms with Crippen molar-refractivity contribution in [2.24, 2.45) is 0 Å². The van der Waals surface area contributed by atoms with Crippen LogP contribution < -0.4 is 0 Å². The second-order valence-corrected chi connectivity index (χ2v) is 4.00. The number of aryl methyl sites for hydroxylation is 1. The Morgan fingerprint density at radius 1 is 0.938 bits per heavy atom. The fraction of sp³-hybridized carbons (Fsp3) is 0.200. The third-order valence-corrected chi connectivity index (χ3v) is 2.76. The Morgan fingerprint density at radius 2 is 1.62 bits per heavy atom. The number of hydrogen-bond acceptors (Lipinski definition) is 1. The molecule has 1 heteroatoms. The zero-order chi connectivity index (χ0) is 11.4. The van der Waals surface area contributed by atoms with E-state index < -0.39 is 0 Å². The molecule has 1 N–H and O–H groups in total.